The molecule has 0 spiro atoms. The summed E-state index contributed by atoms with van der Waals surface area (Å²) in [5, 5.41) is 24.5. The lowest BCUT2D eigenvalue weighted by Gasteiger charge is -2.46. The van der Waals surface area contributed by atoms with Crippen molar-refractivity contribution in [1.29, 1.82) is 0 Å². The number of phenolic OH excluding ortho intramolecular Hbond substituents is 1. The van der Waals surface area contributed by atoms with Gasteiger partial charge < -0.3 is 15.5 Å². The van der Waals surface area contributed by atoms with Crippen molar-refractivity contribution in [3.8, 4) is 5.75 Å². The molecule has 0 radical (unpaired) electrons. The quantitative estimate of drug-likeness (QED) is 0.469. The van der Waals surface area contributed by atoms with Crippen LogP contribution in [0.4, 0.5) is 0 Å². The molecule has 1 amide bonds. The number of fused-ring (bicyclic) bond motifs is 1. The number of hydrogen-bond acceptors (Lipinski definition) is 5. The number of amides is 1. The normalized spacial score (nSPS) is 24.7. The van der Waals surface area contributed by atoms with Crippen molar-refractivity contribution < 1.29 is 15.0 Å². The monoisotopic (exact) mass is 482 g/mol. The molecule has 2 fully saturated rings. The fourth-order valence-electron chi connectivity index (χ4n) is 5.59. The minimum absolute atomic E-state index is 0.104. The lowest BCUT2D eigenvalue weighted by Crippen LogP contribution is -2.54. The van der Waals surface area contributed by atoms with Crippen LogP contribution >= 0.6 is 11.8 Å². The van der Waals surface area contributed by atoms with E-state index in [4.69, 9.17) is 0 Å². The Morgan fingerprint density at radius 3 is 2.62 bits per heavy atom. The molecule has 5 atom stereocenters. The zero-order valence-electron chi connectivity index (χ0n) is 20.3. The maximum Gasteiger partial charge on any atom is 0.252 e. The van der Waals surface area contributed by atoms with Crippen LogP contribution in [-0.2, 0) is 0 Å². The van der Waals surface area contributed by atoms with Crippen LogP contribution in [0.5, 0.6) is 5.75 Å². The number of nitrogens with one attached hydrogen (secondary N) is 1. The molecular formula is C28H38N2O3S. The second kappa shape index (κ2) is 11.6. The van der Waals surface area contributed by atoms with Gasteiger partial charge in [0.1, 0.15) is 5.75 Å². The van der Waals surface area contributed by atoms with Crippen LogP contribution < -0.4 is 5.32 Å². The molecule has 34 heavy (non-hydrogen) atoms. The van der Waals surface area contributed by atoms with Crippen molar-refractivity contribution in [1.82, 2.24) is 10.2 Å². The largest absolute Gasteiger partial charge is 0.508 e. The fourth-order valence-corrected chi connectivity index (χ4v) is 6.62. The maximum atomic E-state index is 13.1. The van der Waals surface area contributed by atoms with E-state index in [9.17, 15) is 15.0 Å². The Kier molecular flexibility index (Phi) is 8.56. The summed E-state index contributed by atoms with van der Waals surface area (Å²) in [5.41, 5.74) is 0.996. The van der Waals surface area contributed by atoms with Crippen molar-refractivity contribution in [2.75, 3.05) is 18.8 Å². The molecule has 1 saturated carbocycles. The standard InChI is InChI=1S/C28H38N2O3S/c1-19-15-21-9-6-7-10-22(21)16-30(19)17-27(32)25(18-34-23-11-4-3-5-12-23)29-28(33)24-13-8-14-26(31)20(24)2/h3-5,8,11-14,19,21-22,25,27,31-32H,6-7,9-10,15-18H2,1-2H3,(H,29,33)/t19?,21-,22+,25-,27?/m0/s1. The maximum absolute atomic E-state index is 13.1. The van der Waals surface area contributed by atoms with E-state index in [1.807, 2.05) is 30.3 Å². The van der Waals surface area contributed by atoms with E-state index in [0.29, 0.717) is 29.5 Å². The molecule has 6 heteroatoms. The lowest BCUT2D eigenvalue weighted by atomic mass is 9.73. The molecule has 1 aliphatic carbocycles. The minimum atomic E-state index is -0.680. The average molecular weight is 483 g/mol. The molecule has 5 nitrogen and oxygen atoms in total. The van der Waals surface area contributed by atoms with E-state index >= 15 is 0 Å². The fraction of sp³-hybridized carbons (Fsp3) is 0.536. The van der Waals surface area contributed by atoms with E-state index in [0.717, 1.165) is 23.3 Å². The second-order valence-electron chi connectivity index (χ2n) is 10.1. The van der Waals surface area contributed by atoms with Crippen LogP contribution in [0.2, 0.25) is 0 Å². The number of thioether (sulfide) groups is 1. The Morgan fingerprint density at radius 2 is 1.85 bits per heavy atom. The second-order valence-corrected chi connectivity index (χ2v) is 11.2. The Hall–Kier alpha value is -2.02. The van der Waals surface area contributed by atoms with E-state index in [1.54, 1.807) is 36.9 Å². The van der Waals surface area contributed by atoms with Gasteiger partial charge in [0.15, 0.2) is 0 Å². The molecule has 184 valence electrons. The number of likely N-dealkylation sites (tertiary alicyclic amines) is 1. The number of rotatable bonds is 8. The Balaban J connectivity index is 1.46. The molecule has 2 unspecified atom stereocenters. The molecule has 4 rings (SSSR count). The lowest BCUT2D eigenvalue weighted by molar-refractivity contribution is 0.00588. The molecule has 0 bridgehead atoms. The van der Waals surface area contributed by atoms with Crippen molar-refractivity contribution in [2.45, 2.75) is 69.0 Å². The van der Waals surface area contributed by atoms with Gasteiger partial charge in [0, 0.05) is 40.9 Å². The van der Waals surface area contributed by atoms with E-state index in [2.05, 4.69) is 17.1 Å². The van der Waals surface area contributed by atoms with Gasteiger partial charge in [0.05, 0.1) is 12.1 Å². The van der Waals surface area contributed by atoms with Crippen molar-refractivity contribution >= 4 is 17.7 Å². The molecule has 3 N–H and O–H groups in total. The van der Waals surface area contributed by atoms with Gasteiger partial charge in [-0.2, -0.15) is 0 Å². The number of piperidine rings is 1. The molecule has 1 saturated heterocycles. The summed E-state index contributed by atoms with van der Waals surface area (Å²) in [6, 6.07) is 15.1. The Bertz CT molecular complexity index is 954. The van der Waals surface area contributed by atoms with Gasteiger partial charge in [0.2, 0.25) is 0 Å². The molecule has 0 aromatic heterocycles. The number of hydrogen-bond donors (Lipinski definition) is 3. The summed E-state index contributed by atoms with van der Waals surface area (Å²) in [6.07, 6.45) is 5.85. The summed E-state index contributed by atoms with van der Waals surface area (Å²) in [7, 11) is 0. The number of aliphatic hydroxyl groups excluding tert-OH is 1. The number of nitrogens with zero attached hydrogens (tertiary/aromatic N) is 1. The summed E-state index contributed by atoms with van der Waals surface area (Å²) < 4.78 is 0. The van der Waals surface area contributed by atoms with Gasteiger partial charge in [-0.3, -0.25) is 9.69 Å². The van der Waals surface area contributed by atoms with Crippen LogP contribution in [-0.4, -0.2) is 58.1 Å². The number of carbonyl (C=O) groups excluding carboxylic acids is 1. The molecule has 2 aromatic carbocycles. The number of benzene rings is 2. The first-order valence-corrected chi connectivity index (χ1v) is 13.6. The SMILES string of the molecule is Cc1c(O)cccc1C(=O)N[C@@H](CSc1ccccc1)C(O)CN1C[C@H]2CCCC[C@H]2CC1C. The predicted molar refractivity (Wildman–Crippen MR) is 138 cm³/mol. The first kappa shape index (κ1) is 25.1. The Labute approximate surface area is 207 Å². The molecule has 1 aliphatic heterocycles. The highest BCUT2D eigenvalue weighted by Gasteiger charge is 2.36. The number of phenols is 1. The van der Waals surface area contributed by atoms with Crippen LogP contribution in [0.15, 0.2) is 53.4 Å². The molecular weight excluding hydrogens is 444 g/mol. The van der Waals surface area contributed by atoms with E-state index < -0.39 is 12.1 Å². The molecule has 2 aliphatic rings. The molecule has 1 heterocycles. The summed E-state index contributed by atoms with van der Waals surface area (Å²) in [6.45, 7) is 5.62. The van der Waals surface area contributed by atoms with E-state index in [1.165, 1.54) is 32.1 Å². The van der Waals surface area contributed by atoms with Crippen LogP contribution in [0, 0.1) is 18.8 Å². The van der Waals surface area contributed by atoms with Crippen molar-refractivity contribution in [3.63, 3.8) is 0 Å². The number of carbonyl (C=O) groups is 1. The third-order valence-corrected chi connectivity index (χ3v) is 8.86. The third-order valence-electron chi connectivity index (χ3n) is 7.73. The van der Waals surface area contributed by atoms with Gasteiger partial charge in [-0.05, 0) is 62.8 Å². The first-order chi connectivity index (χ1) is 16.4. The minimum Gasteiger partial charge on any atom is -0.508 e. The highest BCUT2D eigenvalue weighted by molar-refractivity contribution is 7.99. The average Bonchev–Trinajstić information content (AvgIpc) is 2.84. The van der Waals surface area contributed by atoms with Gasteiger partial charge in [-0.15, -0.1) is 11.8 Å². The summed E-state index contributed by atoms with van der Waals surface area (Å²) in [5.74, 6) is 1.98. The highest BCUT2D eigenvalue weighted by Crippen LogP contribution is 2.38. The highest BCUT2D eigenvalue weighted by atomic mass is 32.2. The van der Waals surface area contributed by atoms with Gasteiger partial charge in [-0.25, -0.2) is 0 Å². The number of aliphatic hydroxyl groups is 1. The number of β-amino-alcohol motifs (C(OH)–C–C–N with tert-alkyl or cyclic N) is 1. The van der Waals surface area contributed by atoms with Crippen molar-refractivity contribution in [2.24, 2.45) is 11.8 Å². The zero-order valence-corrected chi connectivity index (χ0v) is 21.1. The van der Waals surface area contributed by atoms with Gasteiger partial charge in [0.25, 0.3) is 5.91 Å². The van der Waals surface area contributed by atoms with E-state index in [-0.39, 0.29) is 11.7 Å². The van der Waals surface area contributed by atoms with Gasteiger partial charge in [-0.1, -0.05) is 43.5 Å². The zero-order chi connectivity index (χ0) is 24.1. The third kappa shape index (κ3) is 6.15. The van der Waals surface area contributed by atoms with Gasteiger partial charge >= 0.3 is 0 Å². The van der Waals surface area contributed by atoms with Crippen LogP contribution in [0.3, 0.4) is 0 Å². The molecule has 2 aromatic rings. The van der Waals surface area contributed by atoms with Crippen molar-refractivity contribution in [3.05, 3.63) is 59.7 Å². The van der Waals surface area contributed by atoms with Crippen LogP contribution in [0.1, 0.15) is 54.9 Å². The number of aromatic hydroxyl groups is 1. The van der Waals surface area contributed by atoms with Crippen LogP contribution in [0.25, 0.3) is 0 Å². The Morgan fingerprint density at radius 1 is 1.12 bits per heavy atom. The predicted octanol–water partition coefficient (Wildman–Crippen LogP) is 4.85. The summed E-state index contributed by atoms with van der Waals surface area (Å²) >= 11 is 1.64. The topological polar surface area (TPSA) is 72.8 Å². The smallest absolute Gasteiger partial charge is 0.252 e. The first-order valence-electron chi connectivity index (χ1n) is 12.6. The summed E-state index contributed by atoms with van der Waals surface area (Å²) in [4.78, 5) is 16.7.